The van der Waals surface area contributed by atoms with E-state index in [1.54, 1.807) is 23.2 Å². The molecule has 0 saturated carbocycles. The van der Waals surface area contributed by atoms with Gasteiger partial charge in [0.15, 0.2) is 0 Å². The van der Waals surface area contributed by atoms with Crippen molar-refractivity contribution in [3.8, 4) is 0 Å². The molecule has 2 heterocycles. The molecule has 6 nitrogen and oxygen atoms in total. The summed E-state index contributed by atoms with van der Waals surface area (Å²) in [5.41, 5.74) is 2.09. The second-order valence-corrected chi connectivity index (χ2v) is 7.66. The summed E-state index contributed by atoms with van der Waals surface area (Å²) < 4.78 is 27.3. The van der Waals surface area contributed by atoms with Gasteiger partial charge in [0.25, 0.3) is 5.91 Å². The first-order valence-electron chi connectivity index (χ1n) is 7.33. The number of carbonyl (C=O) groups excluding carboxylic acids is 1. The quantitative estimate of drug-likeness (QED) is 0.835. The minimum absolute atomic E-state index is 0.0873. The van der Waals surface area contributed by atoms with Gasteiger partial charge in [-0.05, 0) is 17.7 Å². The van der Waals surface area contributed by atoms with Gasteiger partial charge >= 0.3 is 0 Å². The maximum Gasteiger partial charge on any atom is 0.255 e. The smallest absolute Gasteiger partial charge is 0.255 e. The first-order chi connectivity index (χ1) is 10.9. The first-order valence-corrected chi connectivity index (χ1v) is 9.18. The van der Waals surface area contributed by atoms with Crippen molar-refractivity contribution in [2.24, 2.45) is 7.05 Å². The molecule has 0 aliphatic carbocycles. The van der Waals surface area contributed by atoms with Crippen LogP contribution in [-0.2, 0) is 23.6 Å². The average Bonchev–Trinajstić information content (AvgIpc) is 2.82. The summed E-state index contributed by atoms with van der Waals surface area (Å²) in [6.45, 7) is 1.01. The summed E-state index contributed by atoms with van der Waals surface area (Å²) in [6.07, 6.45) is 4.79. The number of carbonyl (C=O) groups is 1. The van der Waals surface area contributed by atoms with Gasteiger partial charge in [-0.2, -0.15) is 0 Å². The normalized spacial score (nSPS) is 15.2. The van der Waals surface area contributed by atoms with Crippen molar-refractivity contribution in [3.05, 3.63) is 53.9 Å². The van der Waals surface area contributed by atoms with Crippen molar-refractivity contribution in [3.63, 3.8) is 0 Å². The highest BCUT2D eigenvalue weighted by Gasteiger charge is 2.27. The second kappa shape index (κ2) is 5.73. The Hall–Kier alpha value is -2.28. The van der Waals surface area contributed by atoms with E-state index in [9.17, 15) is 13.2 Å². The standard InChI is InChI=1S/C16H19N3O3S/c1-17-8-7-14(11-17)16(20)18-9-10-19(23(2,21)22)15-6-4-3-5-13(15)12-18/h3-8,11H,9-10,12H2,1-2H3. The minimum atomic E-state index is -3.38. The number of nitrogens with zero attached hydrogens (tertiary/aromatic N) is 3. The number of sulfonamides is 1. The van der Waals surface area contributed by atoms with Gasteiger partial charge in [0.05, 0.1) is 24.1 Å². The van der Waals surface area contributed by atoms with Gasteiger partial charge in [0, 0.05) is 32.5 Å². The lowest BCUT2D eigenvalue weighted by Crippen LogP contribution is -2.37. The molecule has 0 saturated heterocycles. The zero-order valence-corrected chi connectivity index (χ0v) is 14.0. The molecular formula is C16H19N3O3S. The number of amides is 1. The number of benzene rings is 1. The van der Waals surface area contributed by atoms with Crippen LogP contribution in [0.4, 0.5) is 5.69 Å². The molecule has 0 spiro atoms. The number of para-hydroxylation sites is 1. The molecular weight excluding hydrogens is 314 g/mol. The van der Waals surface area contributed by atoms with E-state index >= 15 is 0 Å². The molecule has 0 unspecified atom stereocenters. The lowest BCUT2D eigenvalue weighted by Gasteiger charge is -2.22. The lowest BCUT2D eigenvalue weighted by molar-refractivity contribution is 0.0752. The van der Waals surface area contributed by atoms with Gasteiger partial charge in [-0.15, -0.1) is 0 Å². The average molecular weight is 333 g/mol. The van der Waals surface area contributed by atoms with Gasteiger partial charge in [0.1, 0.15) is 0 Å². The lowest BCUT2D eigenvalue weighted by atomic mass is 10.1. The van der Waals surface area contributed by atoms with Gasteiger partial charge < -0.3 is 9.47 Å². The molecule has 7 heteroatoms. The van der Waals surface area contributed by atoms with Crippen molar-refractivity contribution in [1.29, 1.82) is 0 Å². The van der Waals surface area contributed by atoms with Gasteiger partial charge in [0.2, 0.25) is 10.0 Å². The topological polar surface area (TPSA) is 62.6 Å². The third-order valence-electron chi connectivity index (χ3n) is 3.96. The van der Waals surface area contributed by atoms with Crippen LogP contribution in [0.15, 0.2) is 42.7 Å². The number of rotatable bonds is 2. The van der Waals surface area contributed by atoms with Crippen molar-refractivity contribution >= 4 is 21.6 Å². The molecule has 2 aromatic rings. The van der Waals surface area contributed by atoms with E-state index in [2.05, 4.69) is 0 Å². The van der Waals surface area contributed by atoms with E-state index in [1.807, 2.05) is 36.0 Å². The molecule has 0 bridgehead atoms. The van der Waals surface area contributed by atoms with E-state index in [0.717, 1.165) is 5.56 Å². The molecule has 0 fully saturated rings. The molecule has 1 aromatic carbocycles. The summed E-state index contributed by atoms with van der Waals surface area (Å²) in [7, 11) is -1.52. The monoisotopic (exact) mass is 333 g/mol. The zero-order valence-electron chi connectivity index (χ0n) is 13.1. The largest absolute Gasteiger partial charge is 0.356 e. The van der Waals surface area contributed by atoms with Crippen LogP contribution in [0.3, 0.4) is 0 Å². The highest BCUT2D eigenvalue weighted by molar-refractivity contribution is 7.92. The van der Waals surface area contributed by atoms with Crippen LogP contribution in [0.25, 0.3) is 0 Å². The molecule has 1 aliphatic rings. The highest BCUT2D eigenvalue weighted by atomic mass is 32.2. The Kier molecular flexibility index (Phi) is 3.89. The maximum atomic E-state index is 12.7. The molecule has 122 valence electrons. The fraction of sp³-hybridized carbons (Fsp3) is 0.312. The predicted octanol–water partition coefficient (Wildman–Crippen LogP) is 1.45. The Morgan fingerprint density at radius 3 is 2.52 bits per heavy atom. The van der Waals surface area contributed by atoms with Crippen molar-refractivity contribution in [2.45, 2.75) is 6.54 Å². The first kappa shape index (κ1) is 15.6. The van der Waals surface area contributed by atoms with Crippen molar-refractivity contribution in [1.82, 2.24) is 9.47 Å². The molecule has 1 aliphatic heterocycles. The van der Waals surface area contributed by atoms with Crippen LogP contribution in [0, 0.1) is 0 Å². The van der Waals surface area contributed by atoms with E-state index in [-0.39, 0.29) is 12.5 Å². The van der Waals surface area contributed by atoms with Gasteiger partial charge in [-0.1, -0.05) is 18.2 Å². The summed E-state index contributed by atoms with van der Waals surface area (Å²) >= 11 is 0. The van der Waals surface area contributed by atoms with Crippen LogP contribution in [0.2, 0.25) is 0 Å². The van der Waals surface area contributed by atoms with E-state index in [4.69, 9.17) is 0 Å². The van der Waals surface area contributed by atoms with Crippen molar-refractivity contribution < 1.29 is 13.2 Å². The maximum absolute atomic E-state index is 12.7. The molecule has 0 atom stereocenters. The zero-order chi connectivity index (χ0) is 16.6. The summed E-state index contributed by atoms with van der Waals surface area (Å²) in [4.78, 5) is 14.4. The Morgan fingerprint density at radius 2 is 1.87 bits per heavy atom. The molecule has 3 rings (SSSR count). The molecule has 0 radical (unpaired) electrons. The Labute approximate surface area is 136 Å². The fourth-order valence-corrected chi connectivity index (χ4v) is 3.78. The van der Waals surface area contributed by atoms with Crippen LogP contribution < -0.4 is 4.31 Å². The minimum Gasteiger partial charge on any atom is -0.356 e. The second-order valence-electron chi connectivity index (χ2n) is 5.76. The number of hydrogen-bond donors (Lipinski definition) is 0. The third-order valence-corrected chi connectivity index (χ3v) is 5.14. The molecule has 1 aromatic heterocycles. The van der Waals surface area contributed by atoms with Gasteiger partial charge in [-0.25, -0.2) is 8.42 Å². The van der Waals surface area contributed by atoms with Crippen LogP contribution in [0.5, 0.6) is 0 Å². The van der Waals surface area contributed by atoms with Crippen LogP contribution in [-0.4, -0.2) is 43.1 Å². The van der Waals surface area contributed by atoms with Crippen LogP contribution in [0.1, 0.15) is 15.9 Å². The summed E-state index contributed by atoms with van der Waals surface area (Å²) in [6, 6.07) is 9.09. The number of aromatic nitrogens is 1. The molecule has 1 amide bonds. The molecule has 23 heavy (non-hydrogen) atoms. The number of anilines is 1. The molecule has 0 N–H and O–H groups in total. The Balaban J connectivity index is 1.96. The highest BCUT2D eigenvalue weighted by Crippen LogP contribution is 2.27. The third kappa shape index (κ3) is 3.10. The van der Waals surface area contributed by atoms with Crippen molar-refractivity contribution in [2.75, 3.05) is 23.7 Å². The SMILES string of the molecule is Cn1ccc(C(=O)N2CCN(S(C)(=O)=O)c3ccccc3C2)c1. The Morgan fingerprint density at radius 1 is 1.13 bits per heavy atom. The summed E-state index contributed by atoms with van der Waals surface area (Å²) in [5.74, 6) is -0.0873. The number of aryl methyl sites for hydroxylation is 1. The van der Waals surface area contributed by atoms with E-state index in [1.165, 1.54) is 10.6 Å². The Bertz CT molecular complexity index is 842. The van der Waals surface area contributed by atoms with E-state index in [0.29, 0.717) is 24.3 Å². The van der Waals surface area contributed by atoms with Gasteiger partial charge in [-0.3, -0.25) is 9.10 Å². The fourth-order valence-electron chi connectivity index (χ4n) is 2.83. The number of hydrogen-bond acceptors (Lipinski definition) is 3. The summed E-state index contributed by atoms with van der Waals surface area (Å²) in [5, 5.41) is 0. The van der Waals surface area contributed by atoms with E-state index < -0.39 is 10.0 Å². The van der Waals surface area contributed by atoms with Crippen LogP contribution >= 0.6 is 0 Å². The number of fused-ring (bicyclic) bond motifs is 1. The predicted molar refractivity (Wildman–Crippen MR) is 88.8 cm³/mol.